The summed E-state index contributed by atoms with van der Waals surface area (Å²) in [5.41, 5.74) is 0.128. The van der Waals surface area contributed by atoms with Gasteiger partial charge in [-0.1, -0.05) is 0 Å². The van der Waals surface area contributed by atoms with Crippen LogP contribution in [-0.4, -0.2) is 25.3 Å². The predicted molar refractivity (Wildman–Crippen MR) is 66.9 cm³/mol. The van der Waals surface area contributed by atoms with E-state index in [9.17, 15) is 4.79 Å². The first-order valence-electron chi connectivity index (χ1n) is 4.62. The molecule has 0 amide bonds. The van der Waals surface area contributed by atoms with Gasteiger partial charge in [0.05, 0.1) is 10.9 Å². The average molecular weight is 276 g/mol. The fraction of sp³-hybridized carbons (Fsp3) is 0.300. The largest absolute Gasteiger partial charge is 0.478 e. The van der Waals surface area contributed by atoms with Gasteiger partial charge in [-0.05, 0) is 18.4 Å². The Kier molecular flexibility index (Phi) is 5.58. The molecule has 0 radical (unpaired) electrons. The van der Waals surface area contributed by atoms with Gasteiger partial charge in [0, 0.05) is 14.2 Å². The summed E-state index contributed by atoms with van der Waals surface area (Å²) in [5.74, 6) is -1.01. The summed E-state index contributed by atoms with van der Waals surface area (Å²) in [7, 11) is 1.93. The minimum Gasteiger partial charge on any atom is -0.478 e. The molecular formula is C10H13O5PS. The lowest BCUT2D eigenvalue weighted by Gasteiger charge is -2.11. The van der Waals surface area contributed by atoms with E-state index in [1.165, 1.54) is 24.5 Å². The standard InChI is InChI=1S/C10H13O5PS/c1-7(9(11)12)6-15-10-8(4-5-17-10)16(13-2)14-3/h4-6H,1-3H3,(H,11,12). The quantitative estimate of drug-likeness (QED) is 0.491. The van der Waals surface area contributed by atoms with Crippen LogP contribution in [0.5, 0.6) is 5.06 Å². The van der Waals surface area contributed by atoms with Gasteiger partial charge >= 0.3 is 5.97 Å². The molecule has 0 saturated carbocycles. The molecule has 7 heteroatoms. The van der Waals surface area contributed by atoms with Crippen LogP contribution in [0.25, 0.3) is 0 Å². The Morgan fingerprint density at radius 3 is 2.65 bits per heavy atom. The highest BCUT2D eigenvalue weighted by Crippen LogP contribution is 2.40. The molecule has 0 aliphatic carbocycles. The number of hydrogen-bond acceptors (Lipinski definition) is 5. The number of rotatable bonds is 6. The number of carbonyl (C=O) groups is 1. The Labute approximate surface area is 105 Å². The molecule has 94 valence electrons. The van der Waals surface area contributed by atoms with Crippen molar-refractivity contribution in [3.63, 3.8) is 0 Å². The Hall–Kier alpha value is -0.940. The number of aliphatic carboxylic acids is 1. The van der Waals surface area contributed by atoms with E-state index in [4.69, 9.17) is 18.9 Å². The van der Waals surface area contributed by atoms with Gasteiger partial charge in [-0.3, -0.25) is 0 Å². The molecule has 1 aromatic rings. The van der Waals surface area contributed by atoms with Crippen molar-refractivity contribution in [3.05, 3.63) is 23.3 Å². The summed E-state index contributed by atoms with van der Waals surface area (Å²) in [5, 5.41) is 11.9. The van der Waals surface area contributed by atoms with Crippen LogP contribution in [-0.2, 0) is 13.8 Å². The number of carboxylic acid groups (broad SMARTS) is 1. The molecule has 0 saturated heterocycles. The molecule has 0 aliphatic heterocycles. The van der Waals surface area contributed by atoms with E-state index in [1.807, 2.05) is 11.4 Å². The first kappa shape index (κ1) is 14.1. The zero-order valence-electron chi connectivity index (χ0n) is 9.67. The van der Waals surface area contributed by atoms with Gasteiger partial charge in [0.2, 0.25) is 8.38 Å². The third kappa shape index (κ3) is 3.78. The van der Waals surface area contributed by atoms with E-state index in [0.29, 0.717) is 5.06 Å². The molecule has 5 nitrogen and oxygen atoms in total. The second-order valence-electron chi connectivity index (χ2n) is 2.94. The molecule has 0 aromatic carbocycles. The SMILES string of the molecule is COP(OC)c1ccsc1OC=C(C)C(=O)O. The average Bonchev–Trinajstić information content (AvgIpc) is 2.76. The maximum atomic E-state index is 10.6. The van der Waals surface area contributed by atoms with Gasteiger partial charge in [0.1, 0.15) is 6.26 Å². The van der Waals surface area contributed by atoms with E-state index in [2.05, 4.69) is 0 Å². The van der Waals surface area contributed by atoms with Crippen molar-refractivity contribution < 1.29 is 23.7 Å². The Morgan fingerprint density at radius 1 is 1.47 bits per heavy atom. The molecule has 1 aromatic heterocycles. The first-order valence-corrected chi connectivity index (χ1v) is 6.68. The smallest absolute Gasteiger partial charge is 0.334 e. The van der Waals surface area contributed by atoms with E-state index in [0.717, 1.165) is 5.30 Å². The van der Waals surface area contributed by atoms with Gasteiger partial charge in [0.15, 0.2) is 5.06 Å². The molecule has 0 unspecified atom stereocenters. The Balaban J connectivity index is 2.82. The fourth-order valence-corrected chi connectivity index (χ4v) is 3.02. The lowest BCUT2D eigenvalue weighted by atomic mass is 10.3. The summed E-state index contributed by atoms with van der Waals surface area (Å²) in [4.78, 5) is 10.6. The molecule has 0 fully saturated rings. The van der Waals surface area contributed by atoms with Gasteiger partial charge in [-0.15, -0.1) is 11.3 Å². The van der Waals surface area contributed by atoms with Gasteiger partial charge < -0.3 is 18.9 Å². The van der Waals surface area contributed by atoms with Gasteiger partial charge in [-0.2, -0.15) is 0 Å². The number of carboxylic acids is 1. The van der Waals surface area contributed by atoms with Crippen LogP contribution in [0, 0.1) is 0 Å². The zero-order chi connectivity index (χ0) is 12.8. The summed E-state index contributed by atoms with van der Waals surface area (Å²) in [6.45, 7) is 1.46. The molecule has 0 bridgehead atoms. The van der Waals surface area contributed by atoms with Crippen molar-refractivity contribution in [2.75, 3.05) is 14.2 Å². The summed E-state index contributed by atoms with van der Waals surface area (Å²) < 4.78 is 15.7. The number of ether oxygens (including phenoxy) is 1. The summed E-state index contributed by atoms with van der Waals surface area (Å²) in [6.07, 6.45) is 1.20. The first-order chi connectivity index (χ1) is 8.10. The Morgan fingerprint density at radius 2 is 2.12 bits per heavy atom. The lowest BCUT2D eigenvalue weighted by Crippen LogP contribution is -2.04. The molecule has 0 atom stereocenters. The molecule has 0 spiro atoms. The normalized spacial score (nSPS) is 11.9. The third-order valence-corrected chi connectivity index (χ3v) is 4.18. The topological polar surface area (TPSA) is 65.0 Å². The molecular weight excluding hydrogens is 263 g/mol. The van der Waals surface area contributed by atoms with Crippen molar-refractivity contribution in [2.24, 2.45) is 0 Å². The van der Waals surface area contributed by atoms with Crippen LogP contribution in [0.15, 0.2) is 23.3 Å². The van der Waals surface area contributed by atoms with Crippen LogP contribution >= 0.6 is 19.7 Å². The number of thiophene rings is 1. The maximum absolute atomic E-state index is 10.6. The minimum atomic E-state index is -1.17. The highest BCUT2D eigenvalue weighted by Gasteiger charge is 2.17. The third-order valence-electron chi connectivity index (χ3n) is 1.82. The van der Waals surface area contributed by atoms with Gasteiger partial charge in [-0.25, -0.2) is 4.79 Å². The summed E-state index contributed by atoms with van der Waals surface area (Å²) in [6, 6.07) is 1.84. The molecule has 17 heavy (non-hydrogen) atoms. The monoisotopic (exact) mass is 276 g/mol. The summed E-state index contributed by atoms with van der Waals surface area (Å²) >= 11 is 1.36. The predicted octanol–water partition coefficient (Wildman–Crippen LogP) is 2.35. The van der Waals surface area contributed by atoms with Crippen LogP contribution in [0.4, 0.5) is 0 Å². The fourth-order valence-electron chi connectivity index (χ4n) is 0.976. The van der Waals surface area contributed by atoms with Crippen molar-refractivity contribution in [1.82, 2.24) is 0 Å². The van der Waals surface area contributed by atoms with Crippen LogP contribution < -0.4 is 10.0 Å². The second-order valence-corrected chi connectivity index (χ2v) is 5.54. The minimum absolute atomic E-state index is 0.128. The van der Waals surface area contributed by atoms with Crippen molar-refractivity contribution in [3.8, 4) is 5.06 Å². The van der Waals surface area contributed by atoms with Crippen LogP contribution in [0.3, 0.4) is 0 Å². The van der Waals surface area contributed by atoms with Crippen LogP contribution in [0.2, 0.25) is 0 Å². The molecule has 1 rings (SSSR count). The van der Waals surface area contributed by atoms with E-state index >= 15 is 0 Å². The number of hydrogen-bond donors (Lipinski definition) is 1. The van der Waals surface area contributed by atoms with Crippen molar-refractivity contribution in [2.45, 2.75) is 6.92 Å². The Bertz CT molecular complexity index is 411. The van der Waals surface area contributed by atoms with Crippen LogP contribution in [0.1, 0.15) is 6.92 Å². The highest BCUT2D eigenvalue weighted by atomic mass is 32.1. The lowest BCUT2D eigenvalue weighted by molar-refractivity contribution is -0.132. The molecule has 1 heterocycles. The maximum Gasteiger partial charge on any atom is 0.334 e. The van der Waals surface area contributed by atoms with Crippen molar-refractivity contribution in [1.29, 1.82) is 0 Å². The zero-order valence-corrected chi connectivity index (χ0v) is 11.4. The molecule has 0 aliphatic rings. The van der Waals surface area contributed by atoms with Gasteiger partial charge in [0.25, 0.3) is 0 Å². The molecule has 1 N–H and O–H groups in total. The van der Waals surface area contributed by atoms with Crippen molar-refractivity contribution >= 4 is 31.0 Å². The van der Waals surface area contributed by atoms with E-state index < -0.39 is 14.3 Å². The second kappa shape index (κ2) is 6.71. The van der Waals surface area contributed by atoms with E-state index in [-0.39, 0.29) is 5.57 Å². The van der Waals surface area contributed by atoms with E-state index in [1.54, 1.807) is 14.2 Å². The highest BCUT2D eigenvalue weighted by molar-refractivity contribution is 7.57.